The van der Waals surface area contributed by atoms with Gasteiger partial charge in [0, 0.05) is 18.0 Å². The number of carboxylic acid groups (broad SMARTS) is 1. The average molecular weight is 323 g/mol. The van der Waals surface area contributed by atoms with Crippen molar-refractivity contribution in [2.75, 3.05) is 7.11 Å². The molecule has 0 saturated carbocycles. The lowest BCUT2D eigenvalue weighted by Gasteiger charge is -2.18. The molecule has 0 bridgehead atoms. The molecule has 0 radical (unpaired) electrons. The summed E-state index contributed by atoms with van der Waals surface area (Å²) in [5.74, 6) is 0.107. The van der Waals surface area contributed by atoms with Crippen LogP contribution in [0.4, 0.5) is 0 Å². The van der Waals surface area contributed by atoms with Gasteiger partial charge in [-0.2, -0.15) is 0 Å². The summed E-state index contributed by atoms with van der Waals surface area (Å²) in [5, 5.41) is 9.57. The first-order valence-corrected chi connectivity index (χ1v) is 7.45. The summed E-state index contributed by atoms with van der Waals surface area (Å²) in [6.45, 7) is 0. The topological polar surface area (TPSA) is 60.7 Å². The predicted molar refractivity (Wildman–Crippen MR) is 89.8 cm³/mol. The number of carboxylic acids is 1. The van der Waals surface area contributed by atoms with Gasteiger partial charge in [0.1, 0.15) is 11.5 Å². The lowest BCUT2D eigenvalue weighted by Crippen LogP contribution is -2.18. The number of carbonyl (C=O) groups is 1. The van der Waals surface area contributed by atoms with Crippen molar-refractivity contribution in [2.24, 2.45) is 0 Å². The number of hydrogen-bond acceptors (Lipinski definition) is 3. The fourth-order valence-electron chi connectivity index (χ4n) is 2.43. The van der Waals surface area contributed by atoms with Crippen LogP contribution < -0.4 is 9.47 Å². The van der Waals surface area contributed by atoms with Gasteiger partial charge in [0.25, 0.3) is 0 Å². The molecular formula is C19H17NO4. The molecule has 1 heterocycles. The van der Waals surface area contributed by atoms with Gasteiger partial charge in [0.2, 0.25) is 6.10 Å². The van der Waals surface area contributed by atoms with Crippen molar-refractivity contribution in [3.63, 3.8) is 0 Å². The van der Waals surface area contributed by atoms with Crippen LogP contribution in [0.15, 0.2) is 73.1 Å². The van der Waals surface area contributed by atoms with E-state index < -0.39 is 12.1 Å². The molecule has 3 aromatic rings. The van der Waals surface area contributed by atoms with Gasteiger partial charge in [0.15, 0.2) is 0 Å². The first-order valence-electron chi connectivity index (χ1n) is 7.45. The van der Waals surface area contributed by atoms with E-state index in [0.29, 0.717) is 17.1 Å². The molecule has 0 saturated heterocycles. The van der Waals surface area contributed by atoms with Crippen molar-refractivity contribution in [3.8, 4) is 17.2 Å². The Hall–Kier alpha value is -3.21. The first kappa shape index (κ1) is 15.7. The van der Waals surface area contributed by atoms with Crippen LogP contribution in [-0.4, -0.2) is 22.8 Å². The van der Waals surface area contributed by atoms with Crippen molar-refractivity contribution in [3.05, 3.63) is 78.6 Å². The Morgan fingerprint density at radius 3 is 2.29 bits per heavy atom. The SMILES string of the molecule is COc1ccc(C(Oc2ccccc2-n2cccc2)C(=O)O)cc1. The molecule has 0 fully saturated rings. The number of aliphatic carboxylic acids is 1. The minimum atomic E-state index is -1.10. The number of para-hydroxylation sites is 2. The Morgan fingerprint density at radius 2 is 1.67 bits per heavy atom. The Morgan fingerprint density at radius 1 is 1.00 bits per heavy atom. The molecule has 0 amide bonds. The van der Waals surface area contributed by atoms with Crippen LogP contribution in [0.3, 0.4) is 0 Å². The normalized spacial score (nSPS) is 11.7. The summed E-state index contributed by atoms with van der Waals surface area (Å²) in [6, 6.07) is 17.9. The van der Waals surface area contributed by atoms with Gasteiger partial charge in [-0.3, -0.25) is 0 Å². The summed E-state index contributed by atoms with van der Waals surface area (Å²) < 4.78 is 12.8. The number of ether oxygens (including phenoxy) is 2. The zero-order valence-corrected chi connectivity index (χ0v) is 13.1. The maximum Gasteiger partial charge on any atom is 0.349 e. The molecule has 1 unspecified atom stereocenters. The monoisotopic (exact) mass is 323 g/mol. The molecule has 0 aliphatic rings. The molecule has 0 aliphatic heterocycles. The molecule has 24 heavy (non-hydrogen) atoms. The van der Waals surface area contributed by atoms with E-state index in [1.165, 1.54) is 0 Å². The summed E-state index contributed by atoms with van der Waals surface area (Å²) in [7, 11) is 1.56. The maximum atomic E-state index is 11.7. The van der Waals surface area contributed by atoms with E-state index >= 15 is 0 Å². The standard InChI is InChI=1S/C19H17NO4/c1-23-15-10-8-14(9-11-15)18(19(21)22)24-17-7-3-2-6-16(17)20-12-4-5-13-20/h2-13,18H,1H3,(H,21,22). The van der Waals surface area contributed by atoms with Gasteiger partial charge in [-0.15, -0.1) is 0 Å². The lowest BCUT2D eigenvalue weighted by molar-refractivity contribution is -0.145. The van der Waals surface area contributed by atoms with Gasteiger partial charge in [-0.1, -0.05) is 24.3 Å². The zero-order chi connectivity index (χ0) is 16.9. The second kappa shape index (κ2) is 6.91. The Kier molecular flexibility index (Phi) is 4.52. The number of methoxy groups -OCH3 is 1. The van der Waals surface area contributed by atoms with Gasteiger partial charge < -0.3 is 19.1 Å². The second-order valence-electron chi connectivity index (χ2n) is 5.17. The first-order chi connectivity index (χ1) is 11.7. The lowest BCUT2D eigenvalue weighted by atomic mass is 10.1. The highest BCUT2D eigenvalue weighted by atomic mass is 16.5. The Balaban J connectivity index is 1.93. The maximum absolute atomic E-state index is 11.7. The Labute approximate surface area is 139 Å². The van der Waals surface area contributed by atoms with Crippen LogP contribution in [0.2, 0.25) is 0 Å². The number of hydrogen-bond donors (Lipinski definition) is 1. The second-order valence-corrected chi connectivity index (χ2v) is 5.17. The van der Waals surface area contributed by atoms with Crippen LogP contribution in [0.5, 0.6) is 11.5 Å². The van der Waals surface area contributed by atoms with E-state index in [1.807, 2.05) is 47.3 Å². The third-order valence-corrected chi connectivity index (χ3v) is 3.64. The number of nitrogens with zero attached hydrogens (tertiary/aromatic N) is 1. The highest BCUT2D eigenvalue weighted by Crippen LogP contribution is 2.29. The van der Waals surface area contributed by atoms with E-state index in [9.17, 15) is 9.90 Å². The molecule has 5 heteroatoms. The van der Waals surface area contributed by atoms with E-state index in [2.05, 4.69) is 0 Å². The van der Waals surface area contributed by atoms with E-state index in [4.69, 9.17) is 9.47 Å². The summed E-state index contributed by atoms with van der Waals surface area (Å²) in [6.07, 6.45) is 2.66. The summed E-state index contributed by atoms with van der Waals surface area (Å²) in [5.41, 5.74) is 1.33. The van der Waals surface area contributed by atoms with Crippen LogP contribution in [0.25, 0.3) is 5.69 Å². The van der Waals surface area contributed by atoms with Crippen LogP contribution in [0, 0.1) is 0 Å². The van der Waals surface area contributed by atoms with Crippen molar-refractivity contribution in [1.29, 1.82) is 0 Å². The van der Waals surface area contributed by atoms with Crippen molar-refractivity contribution >= 4 is 5.97 Å². The molecule has 1 atom stereocenters. The fraction of sp³-hybridized carbons (Fsp3) is 0.105. The predicted octanol–water partition coefficient (Wildman–Crippen LogP) is 3.69. The smallest absolute Gasteiger partial charge is 0.349 e. The van der Waals surface area contributed by atoms with Gasteiger partial charge >= 0.3 is 5.97 Å². The van der Waals surface area contributed by atoms with E-state index in [1.54, 1.807) is 37.4 Å². The van der Waals surface area contributed by atoms with Crippen LogP contribution in [0.1, 0.15) is 11.7 Å². The molecule has 2 aromatic carbocycles. The molecular weight excluding hydrogens is 306 g/mol. The largest absolute Gasteiger partial charge is 0.497 e. The summed E-state index contributed by atoms with van der Waals surface area (Å²) in [4.78, 5) is 11.7. The highest BCUT2D eigenvalue weighted by molar-refractivity contribution is 5.75. The molecule has 0 aliphatic carbocycles. The summed E-state index contributed by atoms with van der Waals surface area (Å²) >= 11 is 0. The van der Waals surface area contributed by atoms with E-state index in [-0.39, 0.29) is 0 Å². The molecule has 1 N–H and O–H groups in total. The number of benzene rings is 2. The van der Waals surface area contributed by atoms with Gasteiger partial charge in [-0.05, 0) is 36.4 Å². The molecule has 122 valence electrons. The molecule has 3 rings (SSSR count). The van der Waals surface area contributed by atoms with Crippen molar-refractivity contribution in [1.82, 2.24) is 4.57 Å². The van der Waals surface area contributed by atoms with Gasteiger partial charge in [0.05, 0.1) is 12.8 Å². The third-order valence-electron chi connectivity index (χ3n) is 3.64. The van der Waals surface area contributed by atoms with Crippen LogP contribution in [-0.2, 0) is 4.79 Å². The number of aromatic nitrogens is 1. The van der Waals surface area contributed by atoms with E-state index in [0.717, 1.165) is 5.69 Å². The minimum Gasteiger partial charge on any atom is -0.497 e. The fourth-order valence-corrected chi connectivity index (χ4v) is 2.43. The molecule has 1 aromatic heterocycles. The quantitative estimate of drug-likeness (QED) is 0.751. The molecule has 5 nitrogen and oxygen atoms in total. The van der Waals surface area contributed by atoms with Crippen LogP contribution >= 0.6 is 0 Å². The minimum absolute atomic E-state index is 0.497. The van der Waals surface area contributed by atoms with Gasteiger partial charge in [-0.25, -0.2) is 4.79 Å². The highest BCUT2D eigenvalue weighted by Gasteiger charge is 2.23. The average Bonchev–Trinajstić information content (AvgIpc) is 3.14. The third kappa shape index (κ3) is 3.25. The van der Waals surface area contributed by atoms with Crippen molar-refractivity contribution in [2.45, 2.75) is 6.10 Å². The van der Waals surface area contributed by atoms with Crippen molar-refractivity contribution < 1.29 is 19.4 Å². The Bertz CT molecular complexity index is 810. The number of rotatable bonds is 6. The zero-order valence-electron chi connectivity index (χ0n) is 13.1. The molecule has 0 spiro atoms.